The molecule has 1 atom stereocenters. The molecule has 18 heavy (non-hydrogen) atoms. The topological polar surface area (TPSA) is 33.1 Å². The molecule has 0 saturated carbocycles. The minimum atomic E-state index is 0.646. The van der Waals surface area contributed by atoms with E-state index in [4.69, 9.17) is 4.98 Å². The Morgan fingerprint density at radius 1 is 1.44 bits per heavy atom. The van der Waals surface area contributed by atoms with Crippen LogP contribution in [0.3, 0.4) is 0 Å². The number of aryl methyl sites for hydroxylation is 1. The molecule has 1 aromatic heterocycles. The Kier molecular flexibility index (Phi) is 3.39. The Morgan fingerprint density at radius 2 is 2.33 bits per heavy atom. The van der Waals surface area contributed by atoms with Crippen molar-refractivity contribution in [3.05, 3.63) is 17.2 Å². The highest BCUT2D eigenvalue weighted by Gasteiger charge is 2.26. The van der Waals surface area contributed by atoms with Crippen molar-refractivity contribution in [3.8, 4) is 0 Å². The van der Waals surface area contributed by atoms with Gasteiger partial charge < -0.3 is 14.8 Å². The van der Waals surface area contributed by atoms with Gasteiger partial charge in [-0.15, -0.1) is 0 Å². The van der Waals surface area contributed by atoms with Crippen LogP contribution in [0.4, 0.5) is 0 Å². The lowest BCUT2D eigenvalue weighted by Crippen LogP contribution is -2.37. The minimum Gasteiger partial charge on any atom is -0.328 e. The molecule has 1 fully saturated rings. The molecule has 100 valence electrons. The number of nitrogens with one attached hydrogen (secondary N) is 1. The summed E-state index contributed by atoms with van der Waals surface area (Å²) in [6, 6.07) is 0.646. The van der Waals surface area contributed by atoms with Crippen molar-refractivity contribution in [1.29, 1.82) is 0 Å². The van der Waals surface area contributed by atoms with Crippen molar-refractivity contribution in [2.24, 2.45) is 0 Å². The van der Waals surface area contributed by atoms with E-state index in [1.54, 1.807) is 0 Å². The lowest BCUT2D eigenvalue weighted by molar-refractivity contribution is 0.182. The van der Waals surface area contributed by atoms with Crippen molar-refractivity contribution in [2.75, 3.05) is 26.2 Å². The summed E-state index contributed by atoms with van der Waals surface area (Å²) >= 11 is 0. The van der Waals surface area contributed by atoms with Crippen LogP contribution < -0.4 is 5.32 Å². The maximum atomic E-state index is 4.76. The van der Waals surface area contributed by atoms with E-state index < -0.39 is 0 Å². The summed E-state index contributed by atoms with van der Waals surface area (Å²) in [5, 5.41) is 3.42. The van der Waals surface area contributed by atoms with Crippen LogP contribution in [0.5, 0.6) is 0 Å². The monoisotopic (exact) mass is 248 g/mol. The first-order valence-electron chi connectivity index (χ1n) is 7.29. The number of likely N-dealkylation sites (N-methyl/N-ethyl adjacent to an activating group) is 1. The van der Waals surface area contributed by atoms with Crippen molar-refractivity contribution < 1.29 is 0 Å². The van der Waals surface area contributed by atoms with Gasteiger partial charge in [0, 0.05) is 37.8 Å². The number of rotatable bonds is 2. The van der Waals surface area contributed by atoms with Crippen LogP contribution in [-0.4, -0.2) is 40.6 Å². The summed E-state index contributed by atoms with van der Waals surface area (Å²) < 4.78 is 2.54. The average Bonchev–Trinajstić information content (AvgIpc) is 2.74. The van der Waals surface area contributed by atoms with Crippen molar-refractivity contribution in [3.63, 3.8) is 0 Å². The molecule has 0 amide bonds. The maximum absolute atomic E-state index is 4.76. The molecular formula is C14H24N4. The lowest BCUT2D eigenvalue weighted by atomic mass is 10.0. The SMILES string of the molecule is CCN1CCCC(n2c(C)nc3c2CCNC3)C1. The second-order valence-electron chi connectivity index (χ2n) is 5.54. The van der Waals surface area contributed by atoms with Gasteiger partial charge in [0.05, 0.1) is 5.69 Å². The Bertz CT molecular complexity index is 424. The maximum Gasteiger partial charge on any atom is 0.106 e. The number of imidazole rings is 1. The zero-order chi connectivity index (χ0) is 12.5. The number of nitrogens with zero attached hydrogens (tertiary/aromatic N) is 3. The van der Waals surface area contributed by atoms with Crippen LogP contribution in [0, 0.1) is 6.92 Å². The minimum absolute atomic E-state index is 0.646. The highest BCUT2D eigenvalue weighted by molar-refractivity contribution is 5.21. The molecule has 1 unspecified atom stereocenters. The molecule has 1 saturated heterocycles. The Balaban J connectivity index is 1.89. The van der Waals surface area contributed by atoms with E-state index in [0.717, 1.165) is 19.5 Å². The third-order valence-corrected chi connectivity index (χ3v) is 4.39. The van der Waals surface area contributed by atoms with E-state index in [0.29, 0.717) is 6.04 Å². The molecule has 1 aromatic rings. The normalized spacial score (nSPS) is 25.1. The third kappa shape index (κ3) is 2.08. The molecule has 0 bridgehead atoms. The molecule has 4 nitrogen and oxygen atoms in total. The van der Waals surface area contributed by atoms with Crippen LogP contribution >= 0.6 is 0 Å². The first-order valence-corrected chi connectivity index (χ1v) is 7.29. The molecule has 2 aliphatic rings. The van der Waals surface area contributed by atoms with Gasteiger partial charge in [0.1, 0.15) is 5.82 Å². The molecule has 0 aromatic carbocycles. The predicted molar refractivity (Wildman–Crippen MR) is 72.8 cm³/mol. The van der Waals surface area contributed by atoms with E-state index in [9.17, 15) is 0 Å². The number of aromatic nitrogens is 2. The highest BCUT2D eigenvalue weighted by Crippen LogP contribution is 2.27. The van der Waals surface area contributed by atoms with E-state index in [1.165, 1.54) is 49.7 Å². The number of likely N-dealkylation sites (tertiary alicyclic amines) is 1. The number of hydrogen-bond acceptors (Lipinski definition) is 3. The van der Waals surface area contributed by atoms with Gasteiger partial charge in [-0.25, -0.2) is 4.98 Å². The van der Waals surface area contributed by atoms with Crippen LogP contribution in [0.15, 0.2) is 0 Å². The van der Waals surface area contributed by atoms with Gasteiger partial charge in [-0.3, -0.25) is 0 Å². The Labute approximate surface area is 109 Å². The third-order valence-electron chi connectivity index (χ3n) is 4.39. The van der Waals surface area contributed by atoms with Gasteiger partial charge in [-0.2, -0.15) is 0 Å². The van der Waals surface area contributed by atoms with Crippen LogP contribution in [-0.2, 0) is 13.0 Å². The number of hydrogen-bond donors (Lipinski definition) is 1. The molecule has 1 N–H and O–H groups in total. The smallest absolute Gasteiger partial charge is 0.106 e. The summed E-state index contributed by atoms with van der Waals surface area (Å²) in [6.07, 6.45) is 3.77. The number of piperidine rings is 1. The molecular weight excluding hydrogens is 224 g/mol. The van der Waals surface area contributed by atoms with Gasteiger partial charge in [0.15, 0.2) is 0 Å². The quantitative estimate of drug-likeness (QED) is 0.861. The summed E-state index contributed by atoms with van der Waals surface area (Å²) in [5.41, 5.74) is 2.78. The fourth-order valence-corrected chi connectivity index (χ4v) is 3.48. The fraction of sp³-hybridized carbons (Fsp3) is 0.786. The first kappa shape index (κ1) is 12.2. The van der Waals surface area contributed by atoms with E-state index in [1.807, 2.05) is 0 Å². The van der Waals surface area contributed by atoms with Crippen LogP contribution in [0.2, 0.25) is 0 Å². The van der Waals surface area contributed by atoms with Crippen LogP contribution in [0.25, 0.3) is 0 Å². The Morgan fingerprint density at radius 3 is 3.17 bits per heavy atom. The number of fused-ring (bicyclic) bond motifs is 1. The van der Waals surface area contributed by atoms with Gasteiger partial charge in [0.2, 0.25) is 0 Å². The van der Waals surface area contributed by atoms with Gasteiger partial charge in [-0.05, 0) is 32.9 Å². The zero-order valence-corrected chi connectivity index (χ0v) is 11.6. The van der Waals surface area contributed by atoms with Gasteiger partial charge in [-0.1, -0.05) is 6.92 Å². The van der Waals surface area contributed by atoms with E-state index in [2.05, 4.69) is 28.6 Å². The lowest BCUT2D eigenvalue weighted by Gasteiger charge is -2.34. The molecule has 0 radical (unpaired) electrons. The van der Waals surface area contributed by atoms with Crippen molar-refractivity contribution in [1.82, 2.24) is 19.8 Å². The molecule has 3 heterocycles. The second kappa shape index (κ2) is 5.02. The molecule has 2 aliphatic heterocycles. The zero-order valence-electron chi connectivity index (χ0n) is 11.6. The highest BCUT2D eigenvalue weighted by atomic mass is 15.2. The van der Waals surface area contributed by atoms with E-state index in [-0.39, 0.29) is 0 Å². The molecule has 0 spiro atoms. The van der Waals surface area contributed by atoms with Crippen molar-refractivity contribution >= 4 is 0 Å². The average molecular weight is 248 g/mol. The molecule has 3 rings (SSSR count). The summed E-state index contributed by atoms with van der Waals surface area (Å²) in [6.45, 7) is 10.1. The fourth-order valence-electron chi connectivity index (χ4n) is 3.48. The van der Waals surface area contributed by atoms with Crippen molar-refractivity contribution in [2.45, 2.75) is 45.7 Å². The molecule has 0 aliphatic carbocycles. The first-order chi connectivity index (χ1) is 8.79. The molecule has 4 heteroatoms. The standard InChI is InChI=1S/C14H24N4/c1-3-17-8-4-5-12(10-17)18-11(2)16-13-9-15-7-6-14(13)18/h12,15H,3-10H2,1-2H3. The van der Waals surface area contributed by atoms with Gasteiger partial charge in [0.25, 0.3) is 0 Å². The largest absolute Gasteiger partial charge is 0.328 e. The van der Waals surface area contributed by atoms with Gasteiger partial charge >= 0.3 is 0 Å². The summed E-state index contributed by atoms with van der Waals surface area (Å²) in [5.74, 6) is 1.21. The summed E-state index contributed by atoms with van der Waals surface area (Å²) in [7, 11) is 0. The second-order valence-corrected chi connectivity index (χ2v) is 5.54. The predicted octanol–water partition coefficient (Wildman–Crippen LogP) is 1.49. The van der Waals surface area contributed by atoms with E-state index >= 15 is 0 Å². The van der Waals surface area contributed by atoms with Crippen LogP contribution in [0.1, 0.15) is 43.0 Å². The Hall–Kier alpha value is -0.870. The summed E-state index contributed by atoms with van der Waals surface area (Å²) in [4.78, 5) is 7.33.